The van der Waals surface area contributed by atoms with Crippen LogP contribution in [0.4, 0.5) is 0 Å². The monoisotopic (exact) mass is 638 g/mol. The average molecular weight is 639 g/mol. The maximum Gasteiger partial charge on any atom is 0.210 e. The highest BCUT2D eigenvalue weighted by molar-refractivity contribution is 7.92. The fourth-order valence-electron chi connectivity index (χ4n) is 8.52. The molecule has 0 saturated carbocycles. The molecule has 0 bridgehead atoms. The number of hydrogen-bond acceptors (Lipinski definition) is 3. The molecule has 2 heterocycles. The summed E-state index contributed by atoms with van der Waals surface area (Å²) in [6.45, 7) is 6.57. The molecule has 10 rings (SSSR count). The Kier molecular flexibility index (Phi) is 5.34. The van der Waals surface area contributed by atoms with Crippen molar-refractivity contribution in [2.45, 2.75) is 36.0 Å². The molecule has 48 heavy (non-hydrogen) atoms. The second kappa shape index (κ2) is 9.30. The van der Waals surface area contributed by atoms with Gasteiger partial charge in [0.15, 0.2) is 0 Å². The number of para-hydroxylation sites is 1. The summed E-state index contributed by atoms with van der Waals surface area (Å²) in [6, 6.07) is 44.0. The summed E-state index contributed by atoms with van der Waals surface area (Å²) in [5, 5.41) is 4.45. The first-order valence-electron chi connectivity index (χ1n) is 16.3. The Morgan fingerprint density at radius 2 is 1.17 bits per heavy atom. The molecule has 0 unspecified atom stereocenters. The molecule has 0 spiro atoms. The number of aryl methyl sites for hydroxylation is 1. The topological polar surface area (TPSA) is 52.0 Å². The number of imidazole rings is 1. The maximum absolute atomic E-state index is 14.2. The van der Waals surface area contributed by atoms with E-state index in [9.17, 15) is 8.42 Å². The van der Waals surface area contributed by atoms with Crippen LogP contribution in [0, 0.1) is 6.92 Å². The Balaban J connectivity index is 1.24. The molecule has 0 fully saturated rings. The normalized spacial score (nSPS) is 15.1. The van der Waals surface area contributed by atoms with Gasteiger partial charge >= 0.3 is 0 Å². The molecule has 5 heteroatoms. The highest BCUT2D eigenvalue weighted by Gasteiger charge is 2.36. The van der Waals surface area contributed by atoms with E-state index in [0.29, 0.717) is 26.5 Å². The third kappa shape index (κ3) is 3.44. The summed E-state index contributed by atoms with van der Waals surface area (Å²) < 4.78 is 30.4. The lowest BCUT2D eigenvalue weighted by Gasteiger charge is -2.23. The first-order valence-corrected chi connectivity index (χ1v) is 17.8. The number of aromatic nitrogens is 2. The van der Waals surface area contributed by atoms with Crippen LogP contribution in [0.25, 0.3) is 71.6 Å². The zero-order chi connectivity index (χ0) is 32.5. The minimum absolute atomic E-state index is 0.111. The lowest BCUT2D eigenvalue weighted by atomic mass is 9.80. The first kappa shape index (κ1) is 27.6. The summed E-state index contributed by atoms with van der Waals surface area (Å²) in [5.74, 6) is 0.766. The minimum Gasteiger partial charge on any atom is -0.294 e. The lowest BCUT2D eigenvalue weighted by Crippen LogP contribution is -2.15. The van der Waals surface area contributed by atoms with E-state index in [1.54, 1.807) is 12.1 Å². The van der Waals surface area contributed by atoms with Crippen LogP contribution in [0.5, 0.6) is 0 Å². The van der Waals surface area contributed by atoms with E-state index >= 15 is 0 Å². The van der Waals surface area contributed by atoms with Gasteiger partial charge in [-0.2, -0.15) is 0 Å². The number of benzene rings is 7. The maximum atomic E-state index is 14.2. The van der Waals surface area contributed by atoms with E-state index in [1.165, 1.54) is 33.4 Å². The van der Waals surface area contributed by atoms with Crippen LogP contribution in [0.15, 0.2) is 137 Å². The molecule has 1 aliphatic heterocycles. The van der Waals surface area contributed by atoms with Gasteiger partial charge in [0.1, 0.15) is 5.82 Å². The van der Waals surface area contributed by atoms with Crippen molar-refractivity contribution in [1.29, 1.82) is 0 Å². The highest BCUT2D eigenvalue weighted by Crippen LogP contribution is 2.51. The minimum atomic E-state index is -3.78. The number of fused-ring (bicyclic) bond motifs is 7. The van der Waals surface area contributed by atoms with Crippen LogP contribution in [0.1, 0.15) is 30.8 Å². The van der Waals surface area contributed by atoms with Crippen molar-refractivity contribution in [2.24, 2.45) is 0 Å². The summed E-state index contributed by atoms with van der Waals surface area (Å²) in [6.07, 6.45) is 0. The predicted octanol–water partition coefficient (Wildman–Crippen LogP) is 10.4. The Hall–Kier alpha value is -5.52. The van der Waals surface area contributed by atoms with Crippen molar-refractivity contribution in [2.75, 3.05) is 0 Å². The van der Waals surface area contributed by atoms with Gasteiger partial charge in [-0.15, -0.1) is 0 Å². The smallest absolute Gasteiger partial charge is 0.210 e. The van der Waals surface area contributed by atoms with E-state index in [1.807, 2.05) is 29.7 Å². The molecule has 1 aromatic heterocycles. The van der Waals surface area contributed by atoms with Crippen molar-refractivity contribution in [3.63, 3.8) is 0 Å². The summed E-state index contributed by atoms with van der Waals surface area (Å²) >= 11 is 0. The molecular weight excluding hydrogens is 609 g/mol. The first-order chi connectivity index (χ1) is 23.2. The standard InChI is InChI=1S/C43H30N2O2S/c1-25-44-36-17-10-18-38-42(36)45(25)37-22-20-27(24-39(37)48(38,46)47)41-32-14-6-4-12-30(32)40(31-13-5-7-15-33(31)41)26-19-21-29-28-11-8-9-16-34(28)43(2,3)35(29)23-26/h4-24H,1-3H3. The van der Waals surface area contributed by atoms with Gasteiger partial charge in [0, 0.05) is 5.41 Å². The third-order valence-electron chi connectivity index (χ3n) is 10.7. The van der Waals surface area contributed by atoms with Gasteiger partial charge in [-0.25, -0.2) is 13.4 Å². The molecule has 1 aliphatic carbocycles. The molecule has 0 radical (unpaired) electrons. The van der Waals surface area contributed by atoms with Gasteiger partial charge in [0.2, 0.25) is 9.84 Å². The Bertz CT molecular complexity index is 2790. The van der Waals surface area contributed by atoms with Crippen LogP contribution in [-0.4, -0.2) is 18.0 Å². The summed E-state index contributed by atoms with van der Waals surface area (Å²) in [7, 11) is -3.78. The van der Waals surface area contributed by atoms with Gasteiger partial charge in [-0.1, -0.05) is 111 Å². The van der Waals surface area contributed by atoms with Crippen LogP contribution < -0.4 is 0 Å². The van der Waals surface area contributed by atoms with Gasteiger partial charge in [0.05, 0.1) is 26.5 Å². The predicted molar refractivity (Wildman–Crippen MR) is 195 cm³/mol. The van der Waals surface area contributed by atoms with Crippen molar-refractivity contribution in [1.82, 2.24) is 9.55 Å². The Labute approximate surface area is 278 Å². The molecule has 0 N–H and O–H groups in total. The Morgan fingerprint density at radius 1 is 0.583 bits per heavy atom. The molecule has 0 saturated heterocycles. The number of rotatable bonds is 2. The second-order valence-corrected chi connectivity index (χ2v) is 15.5. The Morgan fingerprint density at radius 3 is 1.85 bits per heavy atom. The molecule has 0 amide bonds. The van der Waals surface area contributed by atoms with E-state index in [2.05, 4.69) is 111 Å². The van der Waals surface area contributed by atoms with Crippen molar-refractivity contribution in [3.8, 4) is 39.1 Å². The molecule has 0 atom stereocenters. The number of nitrogens with zero attached hydrogens (tertiary/aromatic N) is 2. The molecule has 2 aliphatic rings. The van der Waals surface area contributed by atoms with Crippen molar-refractivity contribution in [3.05, 3.63) is 144 Å². The fourth-order valence-corrected chi connectivity index (χ4v) is 10.2. The van der Waals surface area contributed by atoms with Crippen molar-refractivity contribution >= 4 is 42.4 Å². The number of sulfone groups is 1. The lowest BCUT2D eigenvalue weighted by molar-refractivity contribution is 0.594. The van der Waals surface area contributed by atoms with Gasteiger partial charge in [-0.05, 0) is 103 Å². The molecule has 7 aromatic carbocycles. The number of hydrogen-bond donors (Lipinski definition) is 0. The zero-order valence-corrected chi connectivity index (χ0v) is 27.6. The fraction of sp³-hybridized carbons (Fsp3) is 0.0930. The average Bonchev–Trinajstić information content (AvgIpc) is 3.56. The van der Waals surface area contributed by atoms with Crippen LogP contribution in [0.3, 0.4) is 0 Å². The van der Waals surface area contributed by atoms with Gasteiger partial charge in [-0.3, -0.25) is 4.57 Å². The van der Waals surface area contributed by atoms with Crippen molar-refractivity contribution < 1.29 is 8.42 Å². The quantitative estimate of drug-likeness (QED) is 0.177. The SMILES string of the molecule is Cc1nc2cccc3c2n1-c1ccc(-c2c4ccccc4c(-c4ccc5c(c4)C(C)(C)c4ccccc4-5)c4ccccc24)cc1S3(=O)=O. The highest BCUT2D eigenvalue weighted by atomic mass is 32.2. The largest absolute Gasteiger partial charge is 0.294 e. The molecule has 230 valence electrons. The van der Waals surface area contributed by atoms with E-state index in [4.69, 9.17) is 4.98 Å². The van der Waals surface area contributed by atoms with E-state index < -0.39 is 9.84 Å². The summed E-state index contributed by atoms with van der Waals surface area (Å²) in [4.78, 5) is 5.30. The van der Waals surface area contributed by atoms with Crippen LogP contribution in [-0.2, 0) is 15.3 Å². The third-order valence-corrected chi connectivity index (χ3v) is 12.5. The summed E-state index contributed by atoms with van der Waals surface area (Å²) in [5.41, 5.74) is 11.4. The second-order valence-electron chi connectivity index (χ2n) is 13.6. The van der Waals surface area contributed by atoms with Gasteiger partial charge < -0.3 is 0 Å². The molecule has 4 nitrogen and oxygen atoms in total. The van der Waals surface area contributed by atoms with Gasteiger partial charge in [0.25, 0.3) is 0 Å². The molecular formula is C43H30N2O2S. The van der Waals surface area contributed by atoms with E-state index in [-0.39, 0.29) is 5.41 Å². The van der Waals surface area contributed by atoms with E-state index in [0.717, 1.165) is 38.5 Å². The van der Waals surface area contributed by atoms with Crippen LogP contribution in [0.2, 0.25) is 0 Å². The van der Waals surface area contributed by atoms with Crippen LogP contribution >= 0.6 is 0 Å². The zero-order valence-electron chi connectivity index (χ0n) is 26.7. The molecule has 8 aromatic rings.